The van der Waals surface area contributed by atoms with Crippen molar-refractivity contribution >= 4 is 33.5 Å². The number of anilines is 1. The molecule has 6 heteroatoms. The second-order valence-corrected chi connectivity index (χ2v) is 4.12. The summed E-state index contributed by atoms with van der Waals surface area (Å²) >= 11 is 3.34. The Kier molecular flexibility index (Phi) is 5.38. The summed E-state index contributed by atoms with van der Waals surface area (Å²) in [6.45, 7) is 0. The van der Waals surface area contributed by atoms with Crippen molar-refractivity contribution in [1.82, 2.24) is 5.32 Å². The van der Waals surface area contributed by atoms with Crippen molar-refractivity contribution in [3.8, 4) is 0 Å². The summed E-state index contributed by atoms with van der Waals surface area (Å²) in [6.07, 6.45) is 1.10. The molecule has 18 heavy (non-hydrogen) atoms. The van der Waals surface area contributed by atoms with E-state index in [2.05, 4.69) is 31.3 Å². The van der Waals surface area contributed by atoms with Gasteiger partial charge in [-0.1, -0.05) is 12.1 Å². The molecule has 0 unspecified atom stereocenters. The molecule has 1 amide bonds. The molecule has 0 aromatic heterocycles. The number of rotatable bonds is 4. The van der Waals surface area contributed by atoms with Crippen molar-refractivity contribution in [2.24, 2.45) is 0 Å². The molecule has 0 saturated carbocycles. The van der Waals surface area contributed by atoms with Gasteiger partial charge < -0.3 is 15.4 Å². The number of methoxy groups -OCH3 is 1. The summed E-state index contributed by atoms with van der Waals surface area (Å²) in [5.41, 5.74) is 0.785. The fraction of sp³-hybridized carbons (Fsp3) is 0.167. The minimum atomic E-state index is -0.604. The zero-order chi connectivity index (χ0) is 13.5. The molecule has 0 atom stereocenters. The Morgan fingerprint density at radius 2 is 2.00 bits per heavy atom. The Hall–Kier alpha value is -1.82. The average Bonchev–Trinajstić information content (AvgIpc) is 2.39. The minimum absolute atomic E-state index is 0.108. The van der Waals surface area contributed by atoms with E-state index in [-0.39, 0.29) is 5.70 Å². The fourth-order valence-corrected chi connectivity index (χ4v) is 1.56. The fourth-order valence-electron chi connectivity index (χ4n) is 1.18. The topological polar surface area (TPSA) is 67.4 Å². The Balaban J connectivity index is 3.00. The Bertz CT molecular complexity index is 486. The van der Waals surface area contributed by atoms with Crippen molar-refractivity contribution < 1.29 is 14.3 Å². The van der Waals surface area contributed by atoms with Gasteiger partial charge in [-0.15, -0.1) is 0 Å². The van der Waals surface area contributed by atoms with Crippen LogP contribution in [0.25, 0.3) is 0 Å². The molecule has 96 valence electrons. The molecule has 0 aliphatic carbocycles. The highest BCUT2D eigenvalue weighted by Crippen LogP contribution is 2.22. The van der Waals surface area contributed by atoms with Crippen LogP contribution in [0.1, 0.15) is 0 Å². The minimum Gasteiger partial charge on any atom is -0.466 e. The van der Waals surface area contributed by atoms with Gasteiger partial charge >= 0.3 is 5.97 Å². The summed E-state index contributed by atoms with van der Waals surface area (Å²) in [6, 6.07) is 7.26. The van der Waals surface area contributed by atoms with Gasteiger partial charge in [-0.05, 0) is 28.1 Å². The van der Waals surface area contributed by atoms with Gasteiger partial charge in [-0.25, -0.2) is 4.79 Å². The van der Waals surface area contributed by atoms with Gasteiger partial charge in [0.2, 0.25) is 0 Å². The maximum Gasteiger partial charge on any atom is 0.332 e. The average molecular weight is 313 g/mol. The molecule has 0 radical (unpaired) electrons. The van der Waals surface area contributed by atoms with Crippen molar-refractivity contribution in [3.63, 3.8) is 0 Å². The van der Waals surface area contributed by atoms with Crippen LogP contribution in [0.5, 0.6) is 0 Å². The number of hydrogen-bond donors (Lipinski definition) is 2. The molecule has 0 aliphatic rings. The second kappa shape index (κ2) is 6.80. The van der Waals surface area contributed by atoms with Gasteiger partial charge in [-0.3, -0.25) is 4.79 Å². The number of carbonyl (C=O) groups excluding carboxylic acids is 2. The maximum absolute atomic E-state index is 11.6. The lowest BCUT2D eigenvalue weighted by Gasteiger charge is -2.10. The van der Waals surface area contributed by atoms with Crippen molar-refractivity contribution in [2.75, 3.05) is 19.5 Å². The molecule has 0 heterocycles. The lowest BCUT2D eigenvalue weighted by atomic mass is 10.3. The third-order valence-corrected chi connectivity index (χ3v) is 2.77. The van der Waals surface area contributed by atoms with E-state index in [1.165, 1.54) is 14.2 Å². The molecule has 1 aromatic carbocycles. The van der Waals surface area contributed by atoms with Crippen LogP contribution in [0.4, 0.5) is 5.69 Å². The number of ether oxygens (including phenoxy) is 1. The van der Waals surface area contributed by atoms with E-state index in [0.717, 1.165) is 10.5 Å². The van der Waals surface area contributed by atoms with Crippen LogP contribution in [-0.2, 0) is 14.3 Å². The lowest BCUT2D eigenvalue weighted by Crippen LogP contribution is -2.25. The quantitative estimate of drug-likeness (QED) is 0.655. The van der Waals surface area contributed by atoms with E-state index in [1.807, 2.05) is 18.2 Å². The van der Waals surface area contributed by atoms with Gasteiger partial charge in [0, 0.05) is 11.5 Å². The first-order chi connectivity index (χ1) is 8.58. The Morgan fingerprint density at radius 3 is 2.56 bits per heavy atom. The third-order valence-electron chi connectivity index (χ3n) is 2.08. The van der Waals surface area contributed by atoms with Crippen molar-refractivity contribution in [1.29, 1.82) is 0 Å². The van der Waals surface area contributed by atoms with Gasteiger partial charge in [0.05, 0.1) is 18.9 Å². The Labute approximate surface area is 113 Å². The normalized spacial score (nSPS) is 10.7. The predicted octanol–water partition coefficient (Wildman–Crippen LogP) is 1.66. The largest absolute Gasteiger partial charge is 0.466 e. The van der Waals surface area contributed by atoms with Crippen LogP contribution in [0, 0.1) is 0 Å². The van der Waals surface area contributed by atoms with E-state index in [4.69, 9.17) is 0 Å². The molecule has 2 N–H and O–H groups in total. The number of para-hydroxylation sites is 1. The standard InChI is InChI=1S/C12H13BrN2O3/c1-14-12(17)10(7-11(16)18-2)15-9-6-4-3-5-8(9)13/h3-7,15H,1-2H3,(H,14,17)/b10-7-. The van der Waals surface area contributed by atoms with Crippen LogP contribution in [0.15, 0.2) is 40.5 Å². The van der Waals surface area contributed by atoms with Gasteiger partial charge in [0.25, 0.3) is 5.91 Å². The zero-order valence-electron chi connectivity index (χ0n) is 9.99. The van der Waals surface area contributed by atoms with Gasteiger partial charge in [0.1, 0.15) is 5.70 Å². The van der Waals surface area contributed by atoms with E-state index >= 15 is 0 Å². The van der Waals surface area contributed by atoms with Crippen molar-refractivity contribution in [2.45, 2.75) is 0 Å². The van der Waals surface area contributed by atoms with Crippen LogP contribution < -0.4 is 10.6 Å². The molecular weight excluding hydrogens is 300 g/mol. The Morgan fingerprint density at radius 1 is 1.33 bits per heavy atom. The van der Waals surface area contributed by atoms with Crippen LogP contribution in [0.3, 0.4) is 0 Å². The summed E-state index contributed by atoms with van der Waals surface area (Å²) in [5.74, 6) is -1.01. The molecule has 0 saturated heterocycles. The third kappa shape index (κ3) is 3.89. The van der Waals surface area contributed by atoms with E-state index in [9.17, 15) is 9.59 Å². The number of hydrogen-bond acceptors (Lipinski definition) is 4. The number of halogens is 1. The molecule has 0 aliphatic heterocycles. The predicted molar refractivity (Wildman–Crippen MR) is 71.9 cm³/mol. The van der Waals surface area contributed by atoms with Crippen LogP contribution in [-0.4, -0.2) is 26.0 Å². The number of esters is 1. The second-order valence-electron chi connectivity index (χ2n) is 3.27. The summed E-state index contributed by atoms with van der Waals surface area (Å²) in [4.78, 5) is 22.8. The first kappa shape index (κ1) is 14.2. The highest BCUT2D eigenvalue weighted by atomic mass is 79.9. The van der Waals surface area contributed by atoms with E-state index in [1.54, 1.807) is 6.07 Å². The van der Waals surface area contributed by atoms with E-state index < -0.39 is 11.9 Å². The first-order valence-corrected chi connectivity index (χ1v) is 5.91. The number of amides is 1. The number of nitrogens with one attached hydrogen (secondary N) is 2. The van der Waals surface area contributed by atoms with Crippen LogP contribution >= 0.6 is 15.9 Å². The van der Waals surface area contributed by atoms with E-state index in [0.29, 0.717) is 5.69 Å². The lowest BCUT2D eigenvalue weighted by molar-refractivity contribution is -0.135. The summed E-state index contributed by atoms with van der Waals surface area (Å²) < 4.78 is 5.28. The smallest absolute Gasteiger partial charge is 0.332 e. The SMILES string of the molecule is CNC(=O)/C(=C/C(=O)OC)Nc1ccccc1Br. The summed E-state index contributed by atoms with van der Waals surface area (Å²) in [5, 5.41) is 5.31. The zero-order valence-corrected chi connectivity index (χ0v) is 11.6. The number of carbonyl (C=O) groups is 2. The first-order valence-electron chi connectivity index (χ1n) is 5.11. The molecular formula is C12H13BrN2O3. The van der Waals surface area contributed by atoms with Gasteiger partial charge in [-0.2, -0.15) is 0 Å². The molecule has 0 bridgehead atoms. The monoisotopic (exact) mass is 312 g/mol. The molecule has 0 fully saturated rings. The molecule has 1 rings (SSSR count). The molecule has 0 spiro atoms. The van der Waals surface area contributed by atoms with Gasteiger partial charge in [0.15, 0.2) is 0 Å². The summed E-state index contributed by atoms with van der Waals surface area (Å²) in [7, 11) is 2.73. The number of benzene rings is 1. The van der Waals surface area contributed by atoms with Crippen molar-refractivity contribution in [3.05, 3.63) is 40.5 Å². The highest BCUT2D eigenvalue weighted by molar-refractivity contribution is 9.10. The maximum atomic E-state index is 11.6. The highest BCUT2D eigenvalue weighted by Gasteiger charge is 2.11. The van der Waals surface area contributed by atoms with Crippen LogP contribution in [0.2, 0.25) is 0 Å². The number of likely N-dealkylation sites (N-methyl/N-ethyl adjacent to an activating group) is 1. The molecule has 5 nitrogen and oxygen atoms in total. The molecule has 1 aromatic rings.